The normalized spacial score (nSPS) is 11.5. The van der Waals surface area contributed by atoms with E-state index in [0.29, 0.717) is 19.5 Å². The van der Waals surface area contributed by atoms with Gasteiger partial charge in [0.1, 0.15) is 17.5 Å². The molecule has 0 unspecified atom stereocenters. The topological polar surface area (TPSA) is 67.9 Å². The Balaban J connectivity index is 2.27. The maximum atomic E-state index is 13.3. The Bertz CT molecular complexity index is 820. The zero-order valence-electron chi connectivity index (χ0n) is 18.3. The van der Waals surface area contributed by atoms with Crippen LogP contribution in [-0.2, 0) is 22.6 Å². The van der Waals surface area contributed by atoms with Crippen molar-refractivity contribution in [2.24, 2.45) is 0 Å². The van der Waals surface area contributed by atoms with Gasteiger partial charge in [0.05, 0.1) is 20.6 Å². The fourth-order valence-corrected chi connectivity index (χ4v) is 3.27. The molecule has 0 saturated carbocycles. The highest BCUT2D eigenvalue weighted by Gasteiger charge is 2.28. The van der Waals surface area contributed by atoms with Crippen molar-refractivity contribution in [3.05, 3.63) is 59.7 Å². The molecule has 30 heavy (non-hydrogen) atoms. The molecule has 0 aliphatic heterocycles. The Hall–Kier alpha value is -3.02. The van der Waals surface area contributed by atoms with Crippen LogP contribution in [0.3, 0.4) is 0 Å². The summed E-state index contributed by atoms with van der Waals surface area (Å²) in [6.07, 6.45) is 1.59. The molecule has 0 bridgehead atoms. The van der Waals surface area contributed by atoms with Crippen LogP contribution in [-0.4, -0.2) is 43.5 Å². The molecule has 0 fully saturated rings. The van der Waals surface area contributed by atoms with Gasteiger partial charge in [-0.05, 0) is 48.2 Å². The number of rotatable bonds is 11. The SMILES string of the molecule is CCCNC(=O)[C@@H](CC)N(Cc1cccc(OC)c1)C(=O)Cc1ccc(OC)cc1. The minimum absolute atomic E-state index is 0.0958. The molecule has 0 aliphatic rings. The number of hydrogen-bond donors (Lipinski definition) is 1. The molecule has 0 aromatic heterocycles. The van der Waals surface area contributed by atoms with Crippen LogP contribution in [0, 0.1) is 0 Å². The van der Waals surface area contributed by atoms with E-state index in [2.05, 4.69) is 5.32 Å². The van der Waals surface area contributed by atoms with Crippen LogP contribution in [0.1, 0.15) is 37.8 Å². The van der Waals surface area contributed by atoms with Crippen LogP contribution < -0.4 is 14.8 Å². The summed E-state index contributed by atoms with van der Waals surface area (Å²) in [7, 11) is 3.22. The molecular weight excluding hydrogens is 380 g/mol. The van der Waals surface area contributed by atoms with E-state index in [1.54, 1.807) is 19.1 Å². The number of carbonyl (C=O) groups is 2. The number of nitrogens with one attached hydrogen (secondary N) is 1. The average Bonchev–Trinajstić information content (AvgIpc) is 2.78. The molecule has 2 aromatic rings. The third-order valence-electron chi connectivity index (χ3n) is 4.94. The van der Waals surface area contributed by atoms with Crippen molar-refractivity contribution in [1.82, 2.24) is 10.2 Å². The van der Waals surface area contributed by atoms with Crippen LogP contribution in [0.4, 0.5) is 0 Å². The molecule has 2 aromatic carbocycles. The van der Waals surface area contributed by atoms with E-state index in [9.17, 15) is 9.59 Å². The largest absolute Gasteiger partial charge is 0.497 e. The standard InChI is InChI=1S/C24H32N2O4/c1-5-14-25-24(28)22(6-2)26(17-19-8-7-9-21(15-19)30-4)23(27)16-18-10-12-20(29-3)13-11-18/h7-13,15,22H,5-6,14,16-17H2,1-4H3,(H,25,28)/t22-/m1/s1. The van der Waals surface area contributed by atoms with Crippen molar-refractivity contribution in [3.8, 4) is 11.5 Å². The number of amides is 2. The van der Waals surface area contributed by atoms with Gasteiger partial charge >= 0.3 is 0 Å². The lowest BCUT2D eigenvalue weighted by atomic mass is 10.1. The molecule has 0 radical (unpaired) electrons. The quantitative estimate of drug-likeness (QED) is 0.613. The first kappa shape index (κ1) is 23.3. The molecule has 0 aliphatic carbocycles. The van der Waals surface area contributed by atoms with Gasteiger partial charge in [0.15, 0.2) is 0 Å². The predicted octanol–water partition coefficient (Wildman–Crippen LogP) is 3.58. The van der Waals surface area contributed by atoms with Gasteiger partial charge in [0.2, 0.25) is 11.8 Å². The lowest BCUT2D eigenvalue weighted by Gasteiger charge is -2.31. The fourth-order valence-electron chi connectivity index (χ4n) is 3.27. The van der Waals surface area contributed by atoms with Crippen molar-refractivity contribution in [2.75, 3.05) is 20.8 Å². The Labute approximate surface area is 179 Å². The Morgan fingerprint density at radius 3 is 2.27 bits per heavy atom. The third kappa shape index (κ3) is 6.51. The minimum atomic E-state index is -0.534. The summed E-state index contributed by atoms with van der Waals surface area (Å²) < 4.78 is 10.5. The van der Waals surface area contributed by atoms with Crippen LogP contribution in [0.5, 0.6) is 11.5 Å². The second-order valence-electron chi connectivity index (χ2n) is 7.11. The van der Waals surface area contributed by atoms with Gasteiger partial charge in [0.25, 0.3) is 0 Å². The molecule has 2 rings (SSSR count). The summed E-state index contributed by atoms with van der Waals surface area (Å²) in [4.78, 5) is 27.7. The van der Waals surface area contributed by atoms with Crippen LogP contribution in [0.2, 0.25) is 0 Å². The molecule has 162 valence electrons. The minimum Gasteiger partial charge on any atom is -0.497 e. The summed E-state index contributed by atoms with van der Waals surface area (Å²) in [6.45, 7) is 4.86. The van der Waals surface area contributed by atoms with Crippen LogP contribution in [0.25, 0.3) is 0 Å². The molecule has 0 spiro atoms. The monoisotopic (exact) mass is 412 g/mol. The van der Waals surface area contributed by atoms with Crippen molar-refractivity contribution < 1.29 is 19.1 Å². The number of ether oxygens (including phenoxy) is 2. The van der Waals surface area contributed by atoms with Crippen molar-refractivity contribution >= 4 is 11.8 Å². The summed E-state index contributed by atoms with van der Waals surface area (Å²) >= 11 is 0. The number of benzene rings is 2. The molecule has 6 heteroatoms. The smallest absolute Gasteiger partial charge is 0.242 e. The van der Waals surface area contributed by atoms with E-state index in [0.717, 1.165) is 29.0 Å². The van der Waals surface area contributed by atoms with Gasteiger partial charge in [-0.1, -0.05) is 38.1 Å². The highest BCUT2D eigenvalue weighted by molar-refractivity contribution is 5.88. The second kappa shape index (κ2) is 11.9. The van der Waals surface area contributed by atoms with E-state index in [1.165, 1.54) is 0 Å². The first-order chi connectivity index (χ1) is 14.5. The first-order valence-corrected chi connectivity index (χ1v) is 10.3. The first-order valence-electron chi connectivity index (χ1n) is 10.3. The van der Waals surface area contributed by atoms with E-state index in [1.807, 2.05) is 62.4 Å². The molecule has 0 heterocycles. The zero-order chi connectivity index (χ0) is 21.9. The third-order valence-corrected chi connectivity index (χ3v) is 4.94. The lowest BCUT2D eigenvalue weighted by Crippen LogP contribution is -2.49. The number of carbonyl (C=O) groups excluding carboxylic acids is 2. The Morgan fingerprint density at radius 1 is 0.967 bits per heavy atom. The van der Waals surface area contributed by atoms with Gasteiger partial charge in [-0.3, -0.25) is 9.59 Å². The van der Waals surface area contributed by atoms with Crippen molar-refractivity contribution in [2.45, 2.75) is 45.7 Å². The van der Waals surface area contributed by atoms with Gasteiger partial charge in [0, 0.05) is 13.1 Å². The number of hydrogen-bond acceptors (Lipinski definition) is 4. The molecule has 0 saturated heterocycles. The molecule has 1 atom stereocenters. The Morgan fingerprint density at radius 2 is 1.67 bits per heavy atom. The molecule has 1 N–H and O–H groups in total. The van der Waals surface area contributed by atoms with E-state index in [4.69, 9.17) is 9.47 Å². The van der Waals surface area contributed by atoms with E-state index < -0.39 is 6.04 Å². The Kier molecular flexibility index (Phi) is 9.19. The van der Waals surface area contributed by atoms with E-state index >= 15 is 0 Å². The maximum absolute atomic E-state index is 13.3. The van der Waals surface area contributed by atoms with E-state index in [-0.39, 0.29) is 18.2 Å². The van der Waals surface area contributed by atoms with Crippen molar-refractivity contribution in [3.63, 3.8) is 0 Å². The highest BCUT2D eigenvalue weighted by Crippen LogP contribution is 2.19. The second-order valence-corrected chi connectivity index (χ2v) is 7.11. The highest BCUT2D eigenvalue weighted by atomic mass is 16.5. The summed E-state index contributed by atoms with van der Waals surface area (Å²) in [5.74, 6) is 1.25. The molecule has 6 nitrogen and oxygen atoms in total. The van der Waals surface area contributed by atoms with Gasteiger partial charge in [-0.2, -0.15) is 0 Å². The summed E-state index contributed by atoms with van der Waals surface area (Å²) in [5.41, 5.74) is 1.79. The summed E-state index contributed by atoms with van der Waals surface area (Å²) in [6, 6.07) is 14.5. The van der Waals surface area contributed by atoms with Crippen molar-refractivity contribution in [1.29, 1.82) is 0 Å². The lowest BCUT2D eigenvalue weighted by molar-refractivity contribution is -0.140. The van der Waals surface area contributed by atoms with Crippen LogP contribution in [0.15, 0.2) is 48.5 Å². The molecule has 2 amide bonds. The predicted molar refractivity (Wildman–Crippen MR) is 118 cm³/mol. The number of nitrogens with zero attached hydrogens (tertiary/aromatic N) is 1. The van der Waals surface area contributed by atoms with Crippen LogP contribution >= 0.6 is 0 Å². The van der Waals surface area contributed by atoms with Gasteiger partial charge in [-0.25, -0.2) is 0 Å². The molecular formula is C24H32N2O4. The van der Waals surface area contributed by atoms with Gasteiger partial charge in [-0.15, -0.1) is 0 Å². The number of methoxy groups -OCH3 is 2. The average molecular weight is 413 g/mol. The summed E-state index contributed by atoms with van der Waals surface area (Å²) in [5, 5.41) is 2.93. The zero-order valence-corrected chi connectivity index (χ0v) is 18.3. The maximum Gasteiger partial charge on any atom is 0.242 e. The van der Waals surface area contributed by atoms with Gasteiger partial charge < -0.3 is 19.7 Å². The fraction of sp³-hybridized carbons (Fsp3) is 0.417.